The number of hydrogen-bond donors (Lipinski definition) is 2. The Morgan fingerprint density at radius 1 is 1.26 bits per heavy atom. The summed E-state index contributed by atoms with van der Waals surface area (Å²) in [7, 11) is 0. The Balaban J connectivity index is 1.99. The quantitative estimate of drug-likeness (QED) is 0.718. The highest BCUT2D eigenvalue weighted by Crippen LogP contribution is 2.26. The molecular formula is C16H14BrClN2O2S. The highest BCUT2D eigenvalue weighted by atomic mass is 79.9. The molecule has 0 spiro atoms. The summed E-state index contributed by atoms with van der Waals surface area (Å²) in [5.41, 5.74) is 1.22. The third-order valence-corrected chi connectivity index (χ3v) is 3.90. The SMILES string of the molecule is CCOc1ccc(C(=O)NC(=S)Nc2ccc(Cl)cc2)cc1Br. The van der Waals surface area contributed by atoms with Gasteiger partial charge in [-0.05, 0) is 77.5 Å². The van der Waals surface area contributed by atoms with Crippen molar-refractivity contribution in [1.82, 2.24) is 5.32 Å². The molecule has 2 aromatic carbocycles. The van der Waals surface area contributed by atoms with E-state index in [1.807, 2.05) is 6.92 Å². The van der Waals surface area contributed by atoms with Crippen LogP contribution in [0.4, 0.5) is 5.69 Å². The van der Waals surface area contributed by atoms with Crippen LogP contribution in [0.25, 0.3) is 0 Å². The summed E-state index contributed by atoms with van der Waals surface area (Å²) in [5.74, 6) is 0.381. The van der Waals surface area contributed by atoms with Gasteiger partial charge < -0.3 is 10.1 Å². The molecule has 0 saturated carbocycles. The smallest absolute Gasteiger partial charge is 0.257 e. The van der Waals surface area contributed by atoms with Gasteiger partial charge in [0.05, 0.1) is 11.1 Å². The van der Waals surface area contributed by atoms with Crippen LogP contribution in [-0.2, 0) is 0 Å². The summed E-state index contributed by atoms with van der Waals surface area (Å²) in [6.45, 7) is 2.45. The van der Waals surface area contributed by atoms with Crippen molar-refractivity contribution < 1.29 is 9.53 Å². The van der Waals surface area contributed by atoms with E-state index in [1.54, 1.807) is 42.5 Å². The number of carbonyl (C=O) groups excluding carboxylic acids is 1. The van der Waals surface area contributed by atoms with Crippen LogP contribution in [0.15, 0.2) is 46.9 Å². The van der Waals surface area contributed by atoms with Crippen LogP contribution in [0.2, 0.25) is 5.02 Å². The minimum absolute atomic E-state index is 0.210. The van der Waals surface area contributed by atoms with E-state index < -0.39 is 0 Å². The lowest BCUT2D eigenvalue weighted by Gasteiger charge is -2.11. The molecule has 0 radical (unpaired) electrons. The van der Waals surface area contributed by atoms with Gasteiger partial charge in [-0.15, -0.1) is 0 Å². The zero-order valence-electron chi connectivity index (χ0n) is 12.2. The maximum absolute atomic E-state index is 12.2. The number of rotatable bonds is 4. The van der Waals surface area contributed by atoms with Crippen LogP contribution in [0, 0.1) is 0 Å². The first kappa shape index (κ1) is 17.7. The average Bonchev–Trinajstić information content (AvgIpc) is 2.51. The molecular weight excluding hydrogens is 400 g/mol. The second-order valence-electron chi connectivity index (χ2n) is 4.49. The molecule has 0 aliphatic heterocycles. The number of amides is 1. The van der Waals surface area contributed by atoms with Crippen LogP contribution in [0.3, 0.4) is 0 Å². The second kappa shape index (κ2) is 8.29. The largest absolute Gasteiger partial charge is 0.493 e. The normalized spacial score (nSPS) is 10.0. The van der Waals surface area contributed by atoms with Gasteiger partial charge in [0, 0.05) is 16.3 Å². The molecule has 0 aliphatic rings. The van der Waals surface area contributed by atoms with Crippen molar-refractivity contribution in [2.75, 3.05) is 11.9 Å². The van der Waals surface area contributed by atoms with Crippen LogP contribution >= 0.6 is 39.7 Å². The predicted molar refractivity (Wildman–Crippen MR) is 100 cm³/mol. The molecule has 0 aliphatic carbocycles. The first-order chi connectivity index (χ1) is 11.0. The van der Waals surface area contributed by atoms with E-state index in [2.05, 4.69) is 26.6 Å². The summed E-state index contributed by atoms with van der Waals surface area (Å²) in [5, 5.41) is 6.39. The number of benzene rings is 2. The highest BCUT2D eigenvalue weighted by molar-refractivity contribution is 9.10. The third-order valence-electron chi connectivity index (χ3n) is 2.82. The number of thiocarbonyl (C=S) groups is 1. The molecule has 23 heavy (non-hydrogen) atoms. The lowest BCUT2D eigenvalue weighted by Crippen LogP contribution is -2.34. The number of ether oxygens (including phenoxy) is 1. The highest BCUT2D eigenvalue weighted by Gasteiger charge is 2.11. The van der Waals surface area contributed by atoms with Crippen LogP contribution in [0.1, 0.15) is 17.3 Å². The number of hydrogen-bond acceptors (Lipinski definition) is 3. The fourth-order valence-electron chi connectivity index (χ4n) is 1.79. The first-order valence-corrected chi connectivity index (χ1v) is 8.37. The first-order valence-electron chi connectivity index (χ1n) is 6.80. The van der Waals surface area contributed by atoms with Crippen molar-refractivity contribution >= 4 is 56.5 Å². The van der Waals surface area contributed by atoms with Crippen LogP contribution < -0.4 is 15.4 Å². The van der Waals surface area contributed by atoms with Gasteiger partial charge in [-0.1, -0.05) is 11.6 Å². The zero-order valence-corrected chi connectivity index (χ0v) is 15.4. The molecule has 0 fully saturated rings. The Labute approximate surface area is 153 Å². The van der Waals surface area contributed by atoms with Gasteiger partial charge in [0.1, 0.15) is 5.75 Å². The van der Waals surface area contributed by atoms with Gasteiger partial charge in [-0.25, -0.2) is 0 Å². The monoisotopic (exact) mass is 412 g/mol. The summed E-state index contributed by atoms with van der Waals surface area (Å²) in [6, 6.07) is 12.1. The molecule has 0 saturated heterocycles. The topological polar surface area (TPSA) is 50.4 Å². The maximum atomic E-state index is 12.2. The number of carbonyl (C=O) groups is 1. The van der Waals surface area contributed by atoms with E-state index in [0.717, 1.165) is 5.69 Å². The Hall–Kier alpha value is -1.63. The molecule has 0 bridgehead atoms. The Morgan fingerprint density at radius 3 is 2.57 bits per heavy atom. The van der Waals surface area contributed by atoms with Crippen molar-refractivity contribution in [3.63, 3.8) is 0 Å². The molecule has 2 N–H and O–H groups in total. The molecule has 0 unspecified atom stereocenters. The Bertz CT molecular complexity index is 723. The fourth-order valence-corrected chi connectivity index (χ4v) is 2.62. The number of anilines is 1. The van der Waals surface area contributed by atoms with Crippen LogP contribution in [-0.4, -0.2) is 17.6 Å². The minimum Gasteiger partial charge on any atom is -0.493 e. The third kappa shape index (κ3) is 5.20. The molecule has 2 aromatic rings. The molecule has 7 heteroatoms. The van der Waals surface area contributed by atoms with Gasteiger partial charge in [0.15, 0.2) is 5.11 Å². The molecule has 4 nitrogen and oxygen atoms in total. The minimum atomic E-state index is -0.305. The maximum Gasteiger partial charge on any atom is 0.257 e. The summed E-state index contributed by atoms with van der Waals surface area (Å²) in [4.78, 5) is 12.2. The molecule has 2 rings (SSSR count). The molecule has 1 amide bonds. The van der Waals surface area contributed by atoms with Gasteiger partial charge in [0.25, 0.3) is 5.91 Å². The average molecular weight is 414 g/mol. The van der Waals surface area contributed by atoms with Crippen molar-refractivity contribution in [3.8, 4) is 5.75 Å². The molecule has 120 valence electrons. The van der Waals surface area contributed by atoms with Gasteiger partial charge in [-0.3, -0.25) is 10.1 Å². The standard InChI is InChI=1S/C16H14BrClN2O2S/c1-2-22-14-8-3-10(9-13(14)17)15(21)20-16(23)19-12-6-4-11(18)5-7-12/h3-9H,2H2,1H3,(H2,19,20,21,23). The molecule has 0 aromatic heterocycles. The Kier molecular flexibility index (Phi) is 6.38. The van der Waals surface area contributed by atoms with Gasteiger partial charge in [0.2, 0.25) is 0 Å². The van der Waals surface area contributed by atoms with Gasteiger partial charge in [-0.2, -0.15) is 0 Å². The zero-order chi connectivity index (χ0) is 16.8. The van der Waals surface area contributed by atoms with E-state index in [1.165, 1.54) is 0 Å². The second-order valence-corrected chi connectivity index (χ2v) is 6.19. The molecule has 0 heterocycles. The van der Waals surface area contributed by atoms with Crippen molar-refractivity contribution in [2.45, 2.75) is 6.92 Å². The van der Waals surface area contributed by atoms with Crippen molar-refractivity contribution in [1.29, 1.82) is 0 Å². The van der Waals surface area contributed by atoms with E-state index in [4.69, 9.17) is 28.6 Å². The summed E-state index contributed by atoms with van der Waals surface area (Å²) < 4.78 is 6.13. The van der Waals surface area contributed by atoms with E-state index in [0.29, 0.717) is 27.4 Å². The van der Waals surface area contributed by atoms with E-state index >= 15 is 0 Å². The molecule has 0 atom stereocenters. The van der Waals surface area contributed by atoms with Crippen molar-refractivity contribution in [2.24, 2.45) is 0 Å². The van der Waals surface area contributed by atoms with Crippen LogP contribution in [0.5, 0.6) is 5.75 Å². The fraction of sp³-hybridized carbons (Fsp3) is 0.125. The lowest BCUT2D eigenvalue weighted by atomic mass is 10.2. The predicted octanol–water partition coefficient (Wildman–Crippen LogP) is 4.63. The summed E-state index contributed by atoms with van der Waals surface area (Å²) in [6.07, 6.45) is 0. The Morgan fingerprint density at radius 2 is 1.96 bits per heavy atom. The number of halogens is 2. The number of nitrogens with one attached hydrogen (secondary N) is 2. The van der Waals surface area contributed by atoms with Gasteiger partial charge >= 0.3 is 0 Å². The van der Waals surface area contributed by atoms with E-state index in [9.17, 15) is 4.79 Å². The lowest BCUT2D eigenvalue weighted by molar-refractivity contribution is 0.0977. The van der Waals surface area contributed by atoms with Crippen molar-refractivity contribution in [3.05, 3.63) is 57.5 Å². The van der Waals surface area contributed by atoms with E-state index in [-0.39, 0.29) is 11.0 Å². The summed E-state index contributed by atoms with van der Waals surface area (Å²) >= 11 is 14.3.